The molecule has 0 bridgehead atoms. The standard InChI is InChI=1S/C28H27BrN2O5/c29-19-7-5-6-18(16-19)14-15-35-27(33)25(12-13-26(30)32)31-28(34)36-17-24-22-10-3-1-8-20(22)21-9-2-4-11-23(21)24/h1-11,16,24-25H,12-15,17H2,(H2,30,32)(H,31,34)/t25-/m0/s1. The lowest BCUT2D eigenvalue weighted by atomic mass is 9.98. The first kappa shape index (κ1) is 25.4. The van der Waals surface area contributed by atoms with Gasteiger partial charge in [-0.3, -0.25) is 4.79 Å². The fourth-order valence-electron chi connectivity index (χ4n) is 4.38. The molecule has 0 saturated carbocycles. The van der Waals surface area contributed by atoms with Crippen LogP contribution in [0.15, 0.2) is 77.3 Å². The Balaban J connectivity index is 1.35. The van der Waals surface area contributed by atoms with E-state index in [-0.39, 0.29) is 32.0 Å². The Morgan fingerprint density at radius 2 is 1.58 bits per heavy atom. The summed E-state index contributed by atoms with van der Waals surface area (Å²) in [7, 11) is 0. The van der Waals surface area contributed by atoms with Crippen LogP contribution in [-0.2, 0) is 25.5 Å². The van der Waals surface area contributed by atoms with Crippen LogP contribution in [0.1, 0.15) is 35.4 Å². The molecule has 0 saturated heterocycles. The summed E-state index contributed by atoms with van der Waals surface area (Å²) >= 11 is 3.41. The number of benzene rings is 3. The maximum absolute atomic E-state index is 12.7. The lowest BCUT2D eigenvalue weighted by Crippen LogP contribution is -2.43. The summed E-state index contributed by atoms with van der Waals surface area (Å²) in [5.74, 6) is -1.32. The number of hydrogen-bond acceptors (Lipinski definition) is 5. The molecular formula is C28H27BrN2O5. The molecule has 3 aromatic carbocycles. The van der Waals surface area contributed by atoms with Gasteiger partial charge in [0.25, 0.3) is 0 Å². The fourth-order valence-corrected chi connectivity index (χ4v) is 4.83. The monoisotopic (exact) mass is 550 g/mol. The maximum atomic E-state index is 12.7. The van der Waals surface area contributed by atoms with Crippen LogP contribution in [-0.4, -0.2) is 37.2 Å². The van der Waals surface area contributed by atoms with E-state index >= 15 is 0 Å². The Bertz CT molecular complexity index is 1220. The second-order valence-corrected chi connectivity index (χ2v) is 9.49. The van der Waals surface area contributed by atoms with E-state index in [0.29, 0.717) is 6.42 Å². The number of primary amides is 1. The first-order chi connectivity index (χ1) is 17.4. The van der Waals surface area contributed by atoms with Crippen LogP contribution >= 0.6 is 15.9 Å². The van der Waals surface area contributed by atoms with Crippen molar-refractivity contribution in [1.29, 1.82) is 0 Å². The van der Waals surface area contributed by atoms with Crippen LogP contribution in [0.5, 0.6) is 0 Å². The lowest BCUT2D eigenvalue weighted by molar-refractivity contribution is -0.146. The minimum atomic E-state index is -1.05. The molecule has 3 N–H and O–H groups in total. The zero-order chi connectivity index (χ0) is 25.5. The molecule has 4 rings (SSSR count). The maximum Gasteiger partial charge on any atom is 0.407 e. The number of amides is 2. The van der Waals surface area contributed by atoms with Crippen molar-refractivity contribution in [2.45, 2.75) is 31.2 Å². The van der Waals surface area contributed by atoms with Crippen LogP contribution in [0.4, 0.5) is 4.79 Å². The zero-order valence-corrected chi connectivity index (χ0v) is 21.2. The number of nitrogens with two attached hydrogens (primary N) is 1. The van der Waals surface area contributed by atoms with Crippen molar-refractivity contribution in [3.05, 3.63) is 94.0 Å². The number of esters is 1. The molecule has 1 aliphatic rings. The van der Waals surface area contributed by atoms with Crippen molar-refractivity contribution in [3.63, 3.8) is 0 Å². The molecule has 8 heteroatoms. The van der Waals surface area contributed by atoms with E-state index in [1.807, 2.05) is 60.7 Å². The Kier molecular flexibility index (Phi) is 8.38. The number of halogens is 1. The highest BCUT2D eigenvalue weighted by atomic mass is 79.9. The van der Waals surface area contributed by atoms with Crippen molar-refractivity contribution < 1.29 is 23.9 Å². The molecular weight excluding hydrogens is 524 g/mol. The van der Waals surface area contributed by atoms with Gasteiger partial charge in [-0.2, -0.15) is 0 Å². The third-order valence-corrected chi connectivity index (χ3v) is 6.62. The Hall–Kier alpha value is -3.65. The summed E-state index contributed by atoms with van der Waals surface area (Å²) in [6.45, 7) is 0.245. The van der Waals surface area contributed by atoms with Crippen molar-refractivity contribution in [1.82, 2.24) is 5.32 Å². The number of rotatable bonds is 10. The topological polar surface area (TPSA) is 108 Å². The number of fused-ring (bicyclic) bond motifs is 3. The van der Waals surface area contributed by atoms with E-state index in [2.05, 4.69) is 33.4 Å². The molecule has 36 heavy (non-hydrogen) atoms. The first-order valence-electron chi connectivity index (χ1n) is 11.7. The molecule has 0 aliphatic heterocycles. The van der Waals surface area contributed by atoms with Gasteiger partial charge in [-0.1, -0.05) is 76.6 Å². The quantitative estimate of drug-likeness (QED) is 0.355. The van der Waals surface area contributed by atoms with Crippen LogP contribution in [0.3, 0.4) is 0 Å². The average molecular weight is 551 g/mol. The molecule has 1 aliphatic carbocycles. The summed E-state index contributed by atoms with van der Waals surface area (Å²) in [4.78, 5) is 36.6. The van der Waals surface area contributed by atoms with Crippen LogP contribution in [0, 0.1) is 0 Å². The predicted molar refractivity (Wildman–Crippen MR) is 139 cm³/mol. The Morgan fingerprint density at radius 1 is 0.917 bits per heavy atom. The van der Waals surface area contributed by atoms with Gasteiger partial charge in [0.15, 0.2) is 0 Å². The van der Waals surface area contributed by atoms with E-state index < -0.39 is 24.0 Å². The van der Waals surface area contributed by atoms with Gasteiger partial charge in [0.05, 0.1) is 6.61 Å². The van der Waals surface area contributed by atoms with E-state index in [0.717, 1.165) is 32.3 Å². The van der Waals surface area contributed by atoms with E-state index in [9.17, 15) is 14.4 Å². The molecule has 7 nitrogen and oxygen atoms in total. The highest BCUT2D eigenvalue weighted by Gasteiger charge is 2.30. The van der Waals surface area contributed by atoms with Gasteiger partial charge in [0.1, 0.15) is 12.6 Å². The minimum absolute atomic E-state index is 0.0231. The molecule has 0 aromatic heterocycles. The summed E-state index contributed by atoms with van der Waals surface area (Å²) < 4.78 is 11.8. The zero-order valence-electron chi connectivity index (χ0n) is 19.6. The second-order valence-electron chi connectivity index (χ2n) is 8.57. The second kappa shape index (κ2) is 11.9. The molecule has 0 radical (unpaired) electrons. The molecule has 3 aromatic rings. The number of carbonyl (C=O) groups is 3. The average Bonchev–Trinajstić information content (AvgIpc) is 3.19. The highest BCUT2D eigenvalue weighted by molar-refractivity contribution is 9.10. The van der Waals surface area contributed by atoms with Crippen molar-refractivity contribution in [2.24, 2.45) is 5.73 Å². The summed E-state index contributed by atoms with van der Waals surface area (Å²) in [5.41, 5.74) is 10.7. The van der Waals surface area contributed by atoms with Crippen LogP contribution in [0.2, 0.25) is 0 Å². The van der Waals surface area contributed by atoms with Crippen LogP contribution < -0.4 is 11.1 Å². The molecule has 186 valence electrons. The number of ether oxygens (including phenoxy) is 2. The van der Waals surface area contributed by atoms with Gasteiger partial charge in [-0.05, 0) is 46.4 Å². The molecule has 0 unspecified atom stereocenters. The predicted octanol–water partition coefficient (Wildman–Crippen LogP) is 4.71. The molecule has 0 fully saturated rings. The van der Waals surface area contributed by atoms with E-state index in [4.69, 9.17) is 15.2 Å². The first-order valence-corrected chi connectivity index (χ1v) is 12.5. The number of carbonyl (C=O) groups excluding carboxylic acids is 3. The summed E-state index contributed by atoms with van der Waals surface area (Å²) in [6.07, 6.45) is -0.293. The third-order valence-electron chi connectivity index (χ3n) is 6.12. The molecule has 1 atom stereocenters. The smallest absolute Gasteiger partial charge is 0.407 e. The Morgan fingerprint density at radius 3 is 2.22 bits per heavy atom. The third kappa shape index (κ3) is 6.31. The van der Waals surface area contributed by atoms with Gasteiger partial charge in [-0.25, -0.2) is 9.59 Å². The molecule has 0 heterocycles. The van der Waals surface area contributed by atoms with Gasteiger partial charge in [0.2, 0.25) is 5.91 Å². The highest BCUT2D eigenvalue weighted by Crippen LogP contribution is 2.44. The van der Waals surface area contributed by atoms with Gasteiger partial charge in [-0.15, -0.1) is 0 Å². The van der Waals surface area contributed by atoms with E-state index in [1.165, 1.54) is 0 Å². The Labute approximate surface area is 218 Å². The molecule has 0 spiro atoms. The normalized spacial score (nSPS) is 12.8. The SMILES string of the molecule is NC(=O)CC[C@H](NC(=O)OCC1c2ccccc2-c2ccccc21)C(=O)OCCc1cccc(Br)c1. The number of alkyl carbamates (subject to hydrolysis) is 1. The van der Waals surface area contributed by atoms with Gasteiger partial charge >= 0.3 is 12.1 Å². The summed E-state index contributed by atoms with van der Waals surface area (Å²) in [5, 5.41) is 2.55. The fraction of sp³-hybridized carbons (Fsp3) is 0.250. The van der Waals surface area contributed by atoms with Gasteiger partial charge in [0, 0.05) is 23.2 Å². The largest absolute Gasteiger partial charge is 0.464 e. The summed E-state index contributed by atoms with van der Waals surface area (Å²) in [6, 6.07) is 22.7. The lowest BCUT2D eigenvalue weighted by Gasteiger charge is -2.19. The molecule has 2 amide bonds. The van der Waals surface area contributed by atoms with Crippen molar-refractivity contribution in [3.8, 4) is 11.1 Å². The van der Waals surface area contributed by atoms with Crippen molar-refractivity contribution in [2.75, 3.05) is 13.2 Å². The van der Waals surface area contributed by atoms with Gasteiger partial charge < -0.3 is 20.5 Å². The number of nitrogens with one attached hydrogen (secondary N) is 1. The minimum Gasteiger partial charge on any atom is -0.464 e. The van der Waals surface area contributed by atoms with E-state index in [1.54, 1.807) is 0 Å². The van der Waals surface area contributed by atoms with Crippen molar-refractivity contribution >= 4 is 33.9 Å². The number of hydrogen-bond donors (Lipinski definition) is 2. The van der Waals surface area contributed by atoms with Crippen LogP contribution in [0.25, 0.3) is 11.1 Å².